The van der Waals surface area contributed by atoms with Crippen LogP contribution < -0.4 is 0 Å². The summed E-state index contributed by atoms with van der Waals surface area (Å²) in [5.41, 5.74) is 0.287. The summed E-state index contributed by atoms with van der Waals surface area (Å²) in [6.07, 6.45) is 2.56. The highest BCUT2D eigenvalue weighted by Gasteiger charge is 2.49. The molecular weight excluding hydrogens is 768 g/mol. The topological polar surface area (TPSA) is 201 Å². The normalized spacial score (nSPS) is 25.5. The number of carbonyl (C=O) groups excluding carboxylic acids is 3. The average Bonchev–Trinajstić information content (AvgIpc) is 3.80. The second-order valence-electron chi connectivity index (χ2n) is 14.3. The Morgan fingerprint density at radius 1 is 0.552 bits per heavy atom. The van der Waals surface area contributed by atoms with E-state index in [1.165, 1.54) is 12.8 Å². The number of carbonyl (C=O) groups is 3. The van der Waals surface area contributed by atoms with Gasteiger partial charge in [-0.05, 0) is 46.8 Å². The van der Waals surface area contributed by atoms with Crippen LogP contribution >= 0.6 is 0 Å². The molecule has 5 rings (SSSR count). The minimum atomic E-state index is -1.26. The van der Waals surface area contributed by atoms with Crippen LogP contribution in [0, 0.1) is 10.8 Å². The first kappa shape index (κ1) is 50.1. The molecule has 0 amide bonds. The Hall–Kier alpha value is -4.01. The highest BCUT2D eigenvalue weighted by Crippen LogP contribution is 2.37. The Bertz CT molecular complexity index is 1270. The van der Waals surface area contributed by atoms with Gasteiger partial charge in [0.25, 0.3) is 23.8 Å². The van der Waals surface area contributed by atoms with Crippen LogP contribution in [0.2, 0.25) is 0 Å². The van der Waals surface area contributed by atoms with Crippen LogP contribution in [0.15, 0.2) is 61.5 Å². The van der Waals surface area contributed by atoms with Crippen molar-refractivity contribution in [2.75, 3.05) is 106 Å². The number of aliphatic hydroxyl groups excluding tert-OH is 1. The van der Waals surface area contributed by atoms with E-state index in [0.29, 0.717) is 55.0 Å². The molecule has 0 aromatic heterocycles. The van der Waals surface area contributed by atoms with E-state index in [1.807, 2.05) is 0 Å². The fourth-order valence-corrected chi connectivity index (χ4v) is 4.65. The van der Waals surface area contributed by atoms with E-state index in [2.05, 4.69) is 37.6 Å². The van der Waals surface area contributed by atoms with Gasteiger partial charge in [0.15, 0.2) is 0 Å². The van der Waals surface area contributed by atoms with Crippen LogP contribution in [0.25, 0.3) is 0 Å². The highest BCUT2D eigenvalue weighted by atomic mass is 16.9. The number of hydrogen-bond acceptors (Lipinski definition) is 18. The molecule has 2 spiro atoms. The molecule has 5 aliphatic heterocycles. The van der Waals surface area contributed by atoms with Crippen molar-refractivity contribution in [2.45, 2.75) is 59.4 Å². The molecule has 18 heteroatoms. The Morgan fingerprint density at radius 3 is 1.14 bits per heavy atom. The number of rotatable bonds is 13. The van der Waals surface area contributed by atoms with Gasteiger partial charge in [-0.15, -0.1) is 0 Å². The molecule has 0 unspecified atom stereocenters. The Balaban J connectivity index is 0.000000345. The first-order valence-corrected chi connectivity index (χ1v) is 18.8. The summed E-state index contributed by atoms with van der Waals surface area (Å²) < 4.78 is 74.3. The zero-order valence-electron chi connectivity index (χ0n) is 34.7. The summed E-state index contributed by atoms with van der Waals surface area (Å²) in [6.45, 7) is 30.9. The van der Waals surface area contributed by atoms with Crippen molar-refractivity contribution in [1.29, 1.82) is 0 Å². The molecular formula is C40H62O18. The van der Waals surface area contributed by atoms with Crippen LogP contribution in [-0.4, -0.2) is 141 Å². The summed E-state index contributed by atoms with van der Waals surface area (Å²) in [7, 11) is 0. The standard InChI is InChI=1S/C21H32O10.C9H12O4.C6H10O3.C4H8O/c1-15(2)17(22)24-7-9-26-19(5)28-11-21(12-29-19)13-30-20(6,31-14-21)27-10-8-25-18(23)16(3)4;1-7-10-3-9(4-11-7)5-12-8(2)13-6-9;1-5(2)6(8)9-4-3-7;1-2-4-5-3-1/h1,3,7-14H2,2,4-6H3;1-6H2;7H,1,3-4H2,2H3;1-4H2. The predicted molar refractivity (Wildman–Crippen MR) is 204 cm³/mol. The molecule has 0 radical (unpaired) electrons. The van der Waals surface area contributed by atoms with Gasteiger partial charge in [0.05, 0.1) is 51.7 Å². The van der Waals surface area contributed by atoms with Crippen molar-refractivity contribution >= 4 is 17.9 Å². The van der Waals surface area contributed by atoms with Crippen LogP contribution in [0.4, 0.5) is 0 Å². The van der Waals surface area contributed by atoms with Gasteiger partial charge in [-0.1, -0.05) is 19.7 Å². The van der Waals surface area contributed by atoms with Crippen LogP contribution in [0.5, 0.6) is 0 Å². The molecule has 58 heavy (non-hydrogen) atoms. The molecule has 0 aromatic rings. The number of ether oxygens (including phenoxy) is 14. The minimum absolute atomic E-state index is 0.0473. The molecule has 18 nitrogen and oxygen atoms in total. The summed E-state index contributed by atoms with van der Waals surface area (Å²) in [5, 5.41) is 8.19. The lowest BCUT2D eigenvalue weighted by Gasteiger charge is -2.48. The van der Waals surface area contributed by atoms with Crippen molar-refractivity contribution in [3.8, 4) is 0 Å². The predicted octanol–water partition coefficient (Wildman–Crippen LogP) is 3.59. The second-order valence-corrected chi connectivity index (χ2v) is 14.3. The number of esters is 3. The summed E-state index contributed by atoms with van der Waals surface area (Å²) in [4.78, 5) is 33.2. The number of hydrogen-bond donors (Lipinski definition) is 1. The van der Waals surface area contributed by atoms with Crippen molar-refractivity contribution in [3.63, 3.8) is 0 Å². The van der Waals surface area contributed by atoms with Crippen LogP contribution in [0.3, 0.4) is 0 Å². The van der Waals surface area contributed by atoms with Gasteiger partial charge in [-0.3, -0.25) is 0 Å². The Labute approximate surface area is 340 Å². The van der Waals surface area contributed by atoms with E-state index < -0.39 is 35.3 Å². The van der Waals surface area contributed by atoms with Gasteiger partial charge in [-0.25, -0.2) is 14.4 Å². The third-order valence-corrected chi connectivity index (χ3v) is 8.28. The van der Waals surface area contributed by atoms with Crippen molar-refractivity contribution < 1.29 is 85.8 Å². The Kier molecular flexibility index (Phi) is 21.4. The SMILES string of the molecule is C1CCOC1.C=C(C)C(=O)OCCO.C=C(C)C(=O)OCCOC1(C)OCC2(CO1)COC(C)(OCCOC(=O)C(=C)C)OC2.C=C1OCC2(CO1)COC(=C)OC2. The summed E-state index contributed by atoms with van der Waals surface area (Å²) in [6, 6.07) is 0. The highest BCUT2D eigenvalue weighted by molar-refractivity contribution is 5.87. The molecule has 330 valence electrons. The molecule has 0 saturated carbocycles. The molecule has 5 aliphatic rings. The largest absolute Gasteiger partial charge is 0.465 e. The zero-order valence-corrected chi connectivity index (χ0v) is 34.7. The maximum Gasteiger partial charge on any atom is 0.333 e. The van der Waals surface area contributed by atoms with Crippen LogP contribution in [0.1, 0.15) is 47.5 Å². The lowest BCUT2D eigenvalue weighted by Crippen LogP contribution is -2.59. The fourth-order valence-electron chi connectivity index (χ4n) is 4.65. The smallest absolute Gasteiger partial charge is 0.333 e. The molecule has 5 fully saturated rings. The average molecular weight is 831 g/mol. The quantitative estimate of drug-likeness (QED) is 0.122. The van der Waals surface area contributed by atoms with Gasteiger partial charge in [0.2, 0.25) is 0 Å². The molecule has 5 saturated heterocycles. The van der Waals surface area contributed by atoms with Crippen molar-refractivity contribution in [3.05, 3.63) is 61.5 Å². The lowest BCUT2D eigenvalue weighted by atomic mass is 9.90. The third kappa shape index (κ3) is 18.7. The maximum atomic E-state index is 11.4. The molecule has 1 N–H and O–H groups in total. The van der Waals surface area contributed by atoms with Gasteiger partial charge in [-0.2, -0.15) is 0 Å². The van der Waals surface area contributed by atoms with Gasteiger partial charge < -0.3 is 71.4 Å². The van der Waals surface area contributed by atoms with Crippen LogP contribution in [-0.2, 0) is 80.7 Å². The first-order chi connectivity index (χ1) is 27.4. The van der Waals surface area contributed by atoms with Crippen molar-refractivity contribution in [2.24, 2.45) is 10.8 Å². The molecule has 0 atom stereocenters. The minimum Gasteiger partial charge on any atom is -0.465 e. The molecule has 5 heterocycles. The Morgan fingerprint density at radius 2 is 0.862 bits per heavy atom. The second kappa shape index (κ2) is 24.8. The van der Waals surface area contributed by atoms with Gasteiger partial charge in [0.1, 0.15) is 51.7 Å². The monoisotopic (exact) mass is 830 g/mol. The van der Waals surface area contributed by atoms with E-state index in [-0.39, 0.29) is 71.5 Å². The van der Waals surface area contributed by atoms with Gasteiger partial charge in [0, 0.05) is 43.8 Å². The summed E-state index contributed by atoms with van der Waals surface area (Å²) >= 11 is 0. The van der Waals surface area contributed by atoms with E-state index in [0.717, 1.165) is 13.2 Å². The van der Waals surface area contributed by atoms with E-state index in [9.17, 15) is 14.4 Å². The van der Waals surface area contributed by atoms with E-state index >= 15 is 0 Å². The number of aliphatic hydroxyl groups is 1. The van der Waals surface area contributed by atoms with Crippen molar-refractivity contribution in [1.82, 2.24) is 0 Å². The molecule has 0 aliphatic carbocycles. The lowest BCUT2D eigenvalue weighted by molar-refractivity contribution is -0.456. The third-order valence-electron chi connectivity index (χ3n) is 8.28. The maximum absolute atomic E-state index is 11.4. The zero-order chi connectivity index (χ0) is 43.2. The van der Waals surface area contributed by atoms with E-state index in [1.54, 1.807) is 34.6 Å². The van der Waals surface area contributed by atoms with Gasteiger partial charge >= 0.3 is 17.9 Å². The van der Waals surface area contributed by atoms with E-state index in [4.69, 9.17) is 66.7 Å². The first-order valence-electron chi connectivity index (χ1n) is 18.8. The fraction of sp³-hybridized carbons (Fsp3) is 0.675. The summed E-state index contributed by atoms with van der Waals surface area (Å²) in [5.74, 6) is -3.19. The molecule has 0 aromatic carbocycles. The molecule has 0 bridgehead atoms.